The summed E-state index contributed by atoms with van der Waals surface area (Å²) >= 11 is 3.87. The van der Waals surface area contributed by atoms with E-state index >= 15 is 0 Å². The SMILES string of the molecule is NC(=O)CCC(NC(=O)C(CC(N)=O)NC(=O)C(N)CS)C(=O)NC(CCCN=C(N)N)C(=O)O. The zero-order valence-electron chi connectivity index (χ0n) is 18.9. The quantitative estimate of drug-likeness (QED) is 0.0377. The number of nitrogens with zero attached hydrogens (tertiary/aromatic N) is 1. The molecule has 0 aromatic carbocycles. The van der Waals surface area contributed by atoms with E-state index in [-0.39, 0.29) is 43.9 Å². The summed E-state index contributed by atoms with van der Waals surface area (Å²) in [6.07, 6.45) is -1.08. The molecule has 16 nitrogen and oxygen atoms in total. The molecule has 0 radical (unpaired) electrons. The third kappa shape index (κ3) is 13.6. The monoisotopic (exact) mass is 519 g/mol. The number of carbonyl (C=O) groups is 6. The highest BCUT2D eigenvalue weighted by Crippen LogP contribution is 2.05. The zero-order valence-corrected chi connectivity index (χ0v) is 19.8. The minimum Gasteiger partial charge on any atom is -0.480 e. The second kappa shape index (κ2) is 16.1. The molecule has 0 aliphatic heterocycles. The first-order valence-corrected chi connectivity index (χ1v) is 11.0. The molecule has 0 saturated heterocycles. The van der Waals surface area contributed by atoms with Crippen LogP contribution in [0.4, 0.5) is 0 Å². The van der Waals surface area contributed by atoms with Crippen LogP contribution in [0.5, 0.6) is 0 Å². The van der Waals surface area contributed by atoms with Crippen LogP contribution in [0.1, 0.15) is 32.1 Å². The average molecular weight is 520 g/mol. The van der Waals surface area contributed by atoms with E-state index in [0.29, 0.717) is 0 Å². The number of nitrogens with two attached hydrogens (primary N) is 5. The van der Waals surface area contributed by atoms with E-state index in [0.717, 1.165) is 0 Å². The fourth-order valence-corrected chi connectivity index (χ4v) is 2.80. The van der Waals surface area contributed by atoms with Gasteiger partial charge in [0, 0.05) is 18.7 Å². The standard InChI is InChI=1S/C18H33N9O7S/c19-8(7-35)14(30)27-11(6-13(21)29)16(32)25-9(3-4-12(20)28)15(31)26-10(17(33)34)2-1-5-24-18(22)23/h8-11,35H,1-7,19H2,(H2,20,28)(H2,21,29)(H,25,32)(H,26,31)(H,27,30)(H,33,34)(H4,22,23,24). The van der Waals surface area contributed by atoms with Crippen molar-refractivity contribution in [1.82, 2.24) is 16.0 Å². The summed E-state index contributed by atoms with van der Waals surface area (Å²) in [5.41, 5.74) is 26.2. The second-order valence-corrected chi connectivity index (χ2v) is 7.80. The summed E-state index contributed by atoms with van der Waals surface area (Å²) in [6.45, 7) is 0.118. The molecule has 4 atom stereocenters. The second-order valence-electron chi connectivity index (χ2n) is 7.44. The van der Waals surface area contributed by atoms with Gasteiger partial charge < -0.3 is 49.7 Å². The predicted molar refractivity (Wildman–Crippen MR) is 127 cm³/mol. The zero-order chi connectivity index (χ0) is 27.1. The number of guanidine groups is 1. The lowest BCUT2D eigenvalue weighted by Crippen LogP contribution is -2.58. The first-order chi connectivity index (χ1) is 16.3. The number of carbonyl (C=O) groups excluding carboxylic acids is 5. The van der Waals surface area contributed by atoms with Crippen LogP contribution < -0.4 is 44.6 Å². The Kier molecular flexibility index (Phi) is 14.4. The Labute approximate surface area is 206 Å². The van der Waals surface area contributed by atoms with Crippen LogP contribution in [-0.2, 0) is 28.8 Å². The van der Waals surface area contributed by atoms with Crippen molar-refractivity contribution in [2.45, 2.75) is 56.3 Å². The fraction of sp³-hybridized carbons (Fsp3) is 0.611. The van der Waals surface area contributed by atoms with E-state index in [1.165, 1.54) is 0 Å². The van der Waals surface area contributed by atoms with E-state index in [4.69, 9.17) is 28.7 Å². The number of amides is 5. The number of thiol groups is 1. The Morgan fingerprint density at radius 3 is 1.83 bits per heavy atom. The van der Waals surface area contributed by atoms with Crippen LogP contribution in [0.25, 0.3) is 0 Å². The van der Waals surface area contributed by atoms with Gasteiger partial charge in [0.15, 0.2) is 5.96 Å². The third-order valence-corrected chi connectivity index (χ3v) is 4.84. The molecular formula is C18H33N9O7S. The van der Waals surface area contributed by atoms with Gasteiger partial charge >= 0.3 is 5.97 Å². The largest absolute Gasteiger partial charge is 0.480 e. The smallest absolute Gasteiger partial charge is 0.326 e. The van der Waals surface area contributed by atoms with Gasteiger partial charge in [0.05, 0.1) is 12.5 Å². The van der Waals surface area contributed by atoms with Crippen molar-refractivity contribution in [2.75, 3.05) is 12.3 Å². The minimum absolute atomic E-state index is 0.0453. The molecule has 198 valence electrons. The minimum atomic E-state index is -1.50. The molecule has 0 bridgehead atoms. The van der Waals surface area contributed by atoms with Gasteiger partial charge in [-0.2, -0.15) is 12.6 Å². The van der Waals surface area contributed by atoms with Crippen molar-refractivity contribution >= 4 is 54.1 Å². The predicted octanol–water partition coefficient (Wildman–Crippen LogP) is -5.02. The van der Waals surface area contributed by atoms with Crippen LogP contribution in [-0.4, -0.2) is 83.0 Å². The number of carboxylic acid groups (broad SMARTS) is 1. The number of aliphatic imine (C=N–C) groups is 1. The maximum absolute atomic E-state index is 12.8. The summed E-state index contributed by atoms with van der Waals surface area (Å²) in [7, 11) is 0. The molecule has 0 fully saturated rings. The van der Waals surface area contributed by atoms with Crippen molar-refractivity contribution in [2.24, 2.45) is 33.7 Å². The van der Waals surface area contributed by atoms with Gasteiger partial charge in [-0.1, -0.05) is 0 Å². The van der Waals surface area contributed by atoms with E-state index in [9.17, 15) is 33.9 Å². The molecule has 0 spiro atoms. The van der Waals surface area contributed by atoms with Crippen molar-refractivity contribution in [3.63, 3.8) is 0 Å². The maximum atomic E-state index is 12.8. The number of nitrogens with one attached hydrogen (secondary N) is 3. The molecule has 4 unspecified atom stereocenters. The van der Waals surface area contributed by atoms with Crippen molar-refractivity contribution < 1.29 is 33.9 Å². The Morgan fingerprint density at radius 2 is 1.34 bits per heavy atom. The highest BCUT2D eigenvalue weighted by Gasteiger charge is 2.31. The molecule has 0 rings (SSSR count). The molecular weight excluding hydrogens is 486 g/mol. The number of rotatable bonds is 17. The molecule has 0 aliphatic rings. The number of hydrogen-bond acceptors (Lipinski definition) is 9. The Morgan fingerprint density at radius 1 is 0.800 bits per heavy atom. The van der Waals surface area contributed by atoms with Gasteiger partial charge in [-0.15, -0.1) is 0 Å². The van der Waals surface area contributed by atoms with E-state index in [2.05, 4.69) is 33.6 Å². The Hall–Kier alpha value is -3.60. The topological polar surface area (TPSA) is 301 Å². The van der Waals surface area contributed by atoms with Crippen molar-refractivity contribution in [3.8, 4) is 0 Å². The lowest BCUT2D eigenvalue weighted by atomic mass is 10.1. The number of primary amides is 2. The molecule has 0 aliphatic carbocycles. The Balaban J connectivity index is 5.52. The lowest BCUT2D eigenvalue weighted by molar-refractivity contribution is -0.142. The van der Waals surface area contributed by atoms with Crippen LogP contribution in [0, 0.1) is 0 Å². The van der Waals surface area contributed by atoms with E-state index in [1.54, 1.807) is 0 Å². The van der Waals surface area contributed by atoms with Crippen LogP contribution in [0.15, 0.2) is 4.99 Å². The summed E-state index contributed by atoms with van der Waals surface area (Å²) in [5, 5.41) is 16.2. The van der Waals surface area contributed by atoms with Gasteiger partial charge in [-0.25, -0.2) is 4.79 Å². The highest BCUT2D eigenvalue weighted by atomic mass is 32.1. The summed E-state index contributed by atoms with van der Waals surface area (Å²) in [4.78, 5) is 75.4. The van der Waals surface area contributed by atoms with E-state index in [1.807, 2.05) is 0 Å². The fourth-order valence-electron chi connectivity index (χ4n) is 2.63. The summed E-state index contributed by atoms with van der Waals surface area (Å²) in [6, 6.07) is -5.38. The lowest BCUT2D eigenvalue weighted by Gasteiger charge is -2.24. The van der Waals surface area contributed by atoms with Gasteiger partial charge in [-0.3, -0.25) is 29.0 Å². The molecule has 0 heterocycles. The van der Waals surface area contributed by atoms with Crippen molar-refractivity contribution in [3.05, 3.63) is 0 Å². The number of hydrogen-bond donors (Lipinski definition) is 10. The first kappa shape index (κ1) is 31.4. The van der Waals surface area contributed by atoms with Crippen LogP contribution in [0.2, 0.25) is 0 Å². The number of aliphatic carboxylic acids is 1. The summed E-state index contributed by atoms with van der Waals surface area (Å²) < 4.78 is 0. The van der Waals surface area contributed by atoms with Gasteiger partial charge in [0.2, 0.25) is 29.5 Å². The van der Waals surface area contributed by atoms with Gasteiger partial charge in [-0.05, 0) is 19.3 Å². The highest BCUT2D eigenvalue weighted by molar-refractivity contribution is 7.80. The molecule has 0 aromatic rings. The third-order valence-electron chi connectivity index (χ3n) is 4.44. The molecule has 5 amide bonds. The molecule has 14 N–H and O–H groups in total. The van der Waals surface area contributed by atoms with Crippen molar-refractivity contribution in [1.29, 1.82) is 0 Å². The average Bonchev–Trinajstić information content (AvgIpc) is 2.76. The van der Waals surface area contributed by atoms with Gasteiger partial charge in [0.25, 0.3) is 0 Å². The van der Waals surface area contributed by atoms with Crippen LogP contribution in [0.3, 0.4) is 0 Å². The Bertz CT molecular complexity index is 820. The maximum Gasteiger partial charge on any atom is 0.326 e. The van der Waals surface area contributed by atoms with Gasteiger partial charge in [0.1, 0.15) is 18.1 Å². The van der Waals surface area contributed by atoms with Crippen LogP contribution >= 0.6 is 12.6 Å². The molecule has 0 saturated carbocycles. The molecule has 17 heteroatoms. The normalized spacial score (nSPS) is 13.9. The first-order valence-electron chi connectivity index (χ1n) is 10.4. The molecule has 0 aromatic heterocycles. The van der Waals surface area contributed by atoms with E-state index < -0.39 is 66.1 Å². The molecule has 35 heavy (non-hydrogen) atoms. The number of carboxylic acids is 1. The summed E-state index contributed by atoms with van der Waals surface area (Å²) in [5.74, 6) is -6.05.